The van der Waals surface area contributed by atoms with Crippen LogP contribution in [-0.2, 0) is 16.6 Å². The Labute approximate surface area is 188 Å². The first-order valence-corrected chi connectivity index (χ1v) is 12.0. The van der Waals surface area contributed by atoms with Gasteiger partial charge in [0.15, 0.2) is 17.3 Å². The number of ether oxygens (including phenoxy) is 2. The molecule has 0 fully saturated rings. The number of nitrogens with one attached hydrogen (secondary N) is 1. The van der Waals surface area contributed by atoms with Crippen LogP contribution in [0.3, 0.4) is 0 Å². The second-order valence-electron chi connectivity index (χ2n) is 7.06. The fourth-order valence-corrected chi connectivity index (χ4v) is 3.50. The Hall–Kier alpha value is -3.58. The average Bonchev–Trinajstić information content (AvgIpc) is 2.77. The molecule has 3 rings (SSSR count). The summed E-state index contributed by atoms with van der Waals surface area (Å²) < 4.78 is 36.5. The van der Waals surface area contributed by atoms with Crippen LogP contribution < -0.4 is 14.2 Å². The quantitative estimate of drug-likeness (QED) is 0.349. The zero-order valence-corrected chi connectivity index (χ0v) is 18.8. The fourth-order valence-electron chi connectivity index (χ4n) is 2.94. The van der Waals surface area contributed by atoms with Crippen LogP contribution in [0, 0.1) is 0 Å². The number of carbonyl (C=O) groups excluding carboxylic acids is 1. The predicted octanol–water partition coefficient (Wildman–Crippen LogP) is 4.93. The largest absolute Gasteiger partial charge is 0.490 e. The van der Waals surface area contributed by atoms with E-state index in [1.807, 2.05) is 55.5 Å². The Bertz CT molecular complexity index is 1190. The second kappa shape index (κ2) is 10.6. The van der Waals surface area contributed by atoms with E-state index in [4.69, 9.17) is 9.47 Å². The molecule has 32 heavy (non-hydrogen) atoms. The molecule has 1 N–H and O–H groups in total. The number of hydrogen-bond acceptors (Lipinski definition) is 5. The summed E-state index contributed by atoms with van der Waals surface area (Å²) in [7, 11) is -3.36. The van der Waals surface area contributed by atoms with Gasteiger partial charge in [-0.3, -0.25) is 9.52 Å². The molecule has 0 bridgehead atoms. The lowest BCUT2D eigenvalue weighted by Gasteiger charge is -2.12. The molecular formula is C25H25NO5S. The zero-order valence-electron chi connectivity index (χ0n) is 17.9. The molecular weight excluding hydrogens is 426 g/mol. The Morgan fingerprint density at radius 2 is 1.66 bits per heavy atom. The monoisotopic (exact) mass is 451 g/mol. The Kier molecular flexibility index (Phi) is 7.68. The molecule has 0 unspecified atom stereocenters. The fraction of sp³-hybridized carbons (Fsp3) is 0.160. The highest BCUT2D eigenvalue weighted by Gasteiger charge is 2.08. The molecule has 0 saturated carbocycles. The smallest absolute Gasteiger partial charge is 0.229 e. The SMILES string of the molecule is CCOc1cc(/C=C/C(=O)c2ccc(NS(C)(=O)=O)cc2)ccc1OCc1ccccc1. The summed E-state index contributed by atoms with van der Waals surface area (Å²) in [5.74, 6) is 1.04. The minimum Gasteiger partial charge on any atom is -0.490 e. The summed E-state index contributed by atoms with van der Waals surface area (Å²) in [6.45, 7) is 2.82. The van der Waals surface area contributed by atoms with Crippen LogP contribution in [0.1, 0.15) is 28.4 Å². The highest BCUT2D eigenvalue weighted by Crippen LogP contribution is 2.30. The molecule has 166 valence electrons. The molecule has 0 aliphatic heterocycles. The predicted molar refractivity (Wildman–Crippen MR) is 127 cm³/mol. The summed E-state index contributed by atoms with van der Waals surface area (Å²) in [5.41, 5.74) is 2.71. The first-order chi connectivity index (χ1) is 15.3. The normalized spacial score (nSPS) is 11.3. The molecule has 0 aromatic heterocycles. The number of allylic oxidation sites excluding steroid dienone is 1. The van der Waals surface area contributed by atoms with Gasteiger partial charge in [0, 0.05) is 11.3 Å². The van der Waals surface area contributed by atoms with Crippen molar-refractivity contribution in [3.63, 3.8) is 0 Å². The van der Waals surface area contributed by atoms with Crippen LogP contribution in [0.15, 0.2) is 78.9 Å². The maximum absolute atomic E-state index is 12.5. The zero-order chi connectivity index (χ0) is 23.0. The lowest BCUT2D eigenvalue weighted by Crippen LogP contribution is -2.09. The van der Waals surface area contributed by atoms with Crippen LogP contribution >= 0.6 is 0 Å². The van der Waals surface area contributed by atoms with E-state index in [1.54, 1.807) is 30.3 Å². The Morgan fingerprint density at radius 1 is 0.938 bits per heavy atom. The first-order valence-electron chi connectivity index (χ1n) is 10.1. The van der Waals surface area contributed by atoms with E-state index in [2.05, 4.69) is 4.72 Å². The first kappa shape index (κ1) is 23.1. The third-order valence-corrected chi connectivity index (χ3v) is 5.01. The lowest BCUT2D eigenvalue weighted by atomic mass is 10.1. The Balaban J connectivity index is 1.69. The van der Waals surface area contributed by atoms with Gasteiger partial charge in [-0.05, 0) is 60.5 Å². The molecule has 0 amide bonds. The summed E-state index contributed by atoms with van der Waals surface area (Å²) in [6.07, 6.45) is 4.24. The van der Waals surface area contributed by atoms with Crippen molar-refractivity contribution in [2.75, 3.05) is 17.6 Å². The van der Waals surface area contributed by atoms with Crippen LogP contribution in [0.2, 0.25) is 0 Å². The number of rotatable bonds is 10. The topological polar surface area (TPSA) is 81.7 Å². The molecule has 0 aliphatic rings. The van der Waals surface area contributed by atoms with Gasteiger partial charge in [0.05, 0.1) is 12.9 Å². The van der Waals surface area contributed by atoms with Crippen LogP contribution in [0.4, 0.5) is 5.69 Å². The van der Waals surface area contributed by atoms with Gasteiger partial charge in [0.2, 0.25) is 10.0 Å². The van der Waals surface area contributed by atoms with Crippen molar-refractivity contribution in [2.24, 2.45) is 0 Å². The van der Waals surface area contributed by atoms with Crippen molar-refractivity contribution in [3.05, 3.63) is 95.6 Å². The van der Waals surface area contributed by atoms with E-state index < -0.39 is 10.0 Å². The van der Waals surface area contributed by atoms with Crippen molar-refractivity contribution < 1.29 is 22.7 Å². The van der Waals surface area contributed by atoms with Gasteiger partial charge in [0.25, 0.3) is 0 Å². The third-order valence-electron chi connectivity index (χ3n) is 4.40. The number of ketones is 1. The molecule has 3 aromatic rings. The van der Waals surface area contributed by atoms with Gasteiger partial charge in [0.1, 0.15) is 6.61 Å². The van der Waals surface area contributed by atoms with Gasteiger partial charge < -0.3 is 9.47 Å². The molecule has 0 atom stereocenters. The number of carbonyl (C=O) groups is 1. The second-order valence-corrected chi connectivity index (χ2v) is 8.81. The Morgan fingerprint density at radius 3 is 2.31 bits per heavy atom. The van der Waals surface area contributed by atoms with Gasteiger partial charge in [-0.1, -0.05) is 42.5 Å². The summed E-state index contributed by atoms with van der Waals surface area (Å²) in [5, 5.41) is 0. The van der Waals surface area contributed by atoms with Gasteiger partial charge in [-0.2, -0.15) is 0 Å². The van der Waals surface area contributed by atoms with Crippen LogP contribution in [-0.4, -0.2) is 27.1 Å². The molecule has 7 heteroatoms. The third kappa shape index (κ3) is 6.99. The average molecular weight is 452 g/mol. The maximum Gasteiger partial charge on any atom is 0.229 e. The van der Waals surface area contributed by atoms with Crippen LogP contribution in [0.25, 0.3) is 6.08 Å². The number of sulfonamides is 1. The molecule has 0 aliphatic carbocycles. The van der Waals surface area contributed by atoms with E-state index >= 15 is 0 Å². The lowest BCUT2D eigenvalue weighted by molar-refractivity contribution is 0.104. The van der Waals surface area contributed by atoms with Gasteiger partial charge in [-0.25, -0.2) is 8.42 Å². The molecule has 3 aromatic carbocycles. The molecule has 0 radical (unpaired) electrons. The molecule has 0 spiro atoms. The number of hydrogen-bond donors (Lipinski definition) is 1. The van der Waals surface area contributed by atoms with E-state index in [9.17, 15) is 13.2 Å². The number of anilines is 1. The summed E-state index contributed by atoms with van der Waals surface area (Å²) in [6, 6.07) is 21.6. The van der Waals surface area contributed by atoms with E-state index in [0.29, 0.717) is 36.0 Å². The van der Waals surface area contributed by atoms with Crippen molar-refractivity contribution in [3.8, 4) is 11.5 Å². The van der Waals surface area contributed by atoms with Crippen molar-refractivity contribution >= 4 is 27.6 Å². The van der Waals surface area contributed by atoms with E-state index in [0.717, 1.165) is 17.4 Å². The summed E-state index contributed by atoms with van der Waals surface area (Å²) in [4.78, 5) is 12.5. The maximum atomic E-state index is 12.5. The highest BCUT2D eigenvalue weighted by molar-refractivity contribution is 7.92. The standard InChI is InChI=1S/C25H25NO5S/c1-3-30-25-17-19(10-16-24(25)31-18-20-7-5-4-6-8-20)9-15-23(27)21-11-13-22(14-12-21)26-32(2,28)29/h4-17,26H,3,18H2,1-2H3/b15-9+. The highest BCUT2D eigenvalue weighted by atomic mass is 32.2. The van der Waals surface area contributed by atoms with Crippen LogP contribution in [0.5, 0.6) is 11.5 Å². The minimum absolute atomic E-state index is 0.196. The van der Waals surface area contributed by atoms with Crippen molar-refractivity contribution in [1.29, 1.82) is 0 Å². The molecule has 0 saturated heterocycles. The van der Waals surface area contributed by atoms with Crippen molar-refractivity contribution in [1.82, 2.24) is 0 Å². The minimum atomic E-state index is -3.36. The van der Waals surface area contributed by atoms with E-state index in [1.165, 1.54) is 6.08 Å². The number of benzene rings is 3. The van der Waals surface area contributed by atoms with Gasteiger partial charge >= 0.3 is 0 Å². The van der Waals surface area contributed by atoms with Crippen molar-refractivity contribution in [2.45, 2.75) is 13.5 Å². The van der Waals surface area contributed by atoms with Gasteiger partial charge in [-0.15, -0.1) is 0 Å². The van der Waals surface area contributed by atoms with E-state index in [-0.39, 0.29) is 5.78 Å². The molecule has 0 heterocycles. The summed E-state index contributed by atoms with van der Waals surface area (Å²) >= 11 is 0. The molecule has 6 nitrogen and oxygen atoms in total.